The molecule has 0 saturated carbocycles. The molecule has 3 aromatic carbocycles. The van der Waals surface area contributed by atoms with Gasteiger partial charge in [-0.05, 0) is 60.7 Å². The summed E-state index contributed by atoms with van der Waals surface area (Å²) in [5.74, 6) is -0.694. The van der Waals surface area contributed by atoms with Gasteiger partial charge in [0.05, 0.1) is 17.8 Å². The van der Waals surface area contributed by atoms with E-state index in [1.54, 1.807) is 6.07 Å². The molecule has 0 aliphatic carbocycles. The van der Waals surface area contributed by atoms with Crippen LogP contribution in [0.1, 0.15) is 10.4 Å². The van der Waals surface area contributed by atoms with Gasteiger partial charge in [0.15, 0.2) is 0 Å². The number of hydrogen-bond donors (Lipinski definition) is 3. The van der Waals surface area contributed by atoms with Gasteiger partial charge >= 0.3 is 0 Å². The minimum atomic E-state index is -0.385. The van der Waals surface area contributed by atoms with E-state index in [2.05, 4.69) is 21.6 Å². The molecule has 5 aromatic rings. The smallest absolute Gasteiger partial charge is 0.255 e. The highest BCUT2D eigenvalue weighted by atomic mass is 19.1. The van der Waals surface area contributed by atoms with Crippen molar-refractivity contribution in [2.75, 3.05) is 11.9 Å². The van der Waals surface area contributed by atoms with Crippen LogP contribution in [-0.2, 0) is 6.54 Å². The number of halogens is 1. The molecule has 0 unspecified atom stereocenters. The quantitative estimate of drug-likeness (QED) is 0.394. The van der Waals surface area contributed by atoms with Crippen molar-refractivity contribution < 1.29 is 14.3 Å². The van der Waals surface area contributed by atoms with E-state index in [1.807, 2.05) is 41.1 Å². The van der Waals surface area contributed by atoms with Crippen molar-refractivity contribution in [2.45, 2.75) is 6.54 Å². The summed E-state index contributed by atoms with van der Waals surface area (Å²) in [5, 5.41) is 21.5. The van der Waals surface area contributed by atoms with Crippen molar-refractivity contribution in [3.8, 4) is 11.3 Å². The zero-order chi connectivity index (χ0) is 21.4. The first kappa shape index (κ1) is 19.0. The van der Waals surface area contributed by atoms with Crippen LogP contribution in [0, 0.1) is 5.82 Å². The molecular formula is C24H19FN4O2. The zero-order valence-electron chi connectivity index (χ0n) is 16.5. The van der Waals surface area contributed by atoms with Gasteiger partial charge in [0.25, 0.3) is 5.91 Å². The van der Waals surface area contributed by atoms with Crippen LogP contribution in [0.25, 0.3) is 33.1 Å². The summed E-state index contributed by atoms with van der Waals surface area (Å²) >= 11 is 0. The highest BCUT2D eigenvalue weighted by Crippen LogP contribution is 2.31. The number of nitrogens with zero attached hydrogens (tertiary/aromatic N) is 2. The Morgan fingerprint density at radius 3 is 2.71 bits per heavy atom. The Balaban J connectivity index is 1.48. The van der Waals surface area contributed by atoms with E-state index in [-0.39, 0.29) is 18.3 Å². The number of aromatic nitrogens is 3. The summed E-state index contributed by atoms with van der Waals surface area (Å²) in [6.07, 6.45) is 1.95. The van der Waals surface area contributed by atoms with Crippen molar-refractivity contribution in [2.24, 2.45) is 0 Å². The number of fused-ring (bicyclic) bond motifs is 2. The van der Waals surface area contributed by atoms with Crippen LogP contribution < -0.4 is 5.32 Å². The molecule has 1 amide bonds. The highest BCUT2D eigenvalue weighted by molar-refractivity contribution is 6.06. The lowest BCUT2D eigenvalue weighted by Gasteiger charge is -2.06. The summed E-state index contributed by atoms with van der Waals surface area (Å²) < 4.78 is 15.1. The van der Waals surface area contributed by atoms with Crippen LogP contribution in [0.4, 0.5) is 10.1 Å². The Labute approximate surface area is 176 Å². The molecule has 5 rings (SSSR count). The number of carbonyl (C=O) groups is 1. The fraction of sp³-hybridized carbons (Fsp3) is 0.0833. The number of carbonyl (C=O) groups excluding carboxylic acids is 1. The predicted octanol–water partition coefficient (Wildman–Crippen LogP) is 4.57. The van der Waals surface area contributed by atoms with Crippen LogP contribution >= 0.6 is 0 Å². The van der Waals surface area contributed by atoms with Crippen molar-refractivity contribution in [3.63, 3.8) is 0 Å². The lowest BCUT2D eigenvalue weighted by molar-refractivity contribution is 0.102. The SMILES string of the molecule is O=C(Nc1ccc2[nH]nc(-c3ccc4c(ccn4CCO)c3)c2c1)c1ccc(F)cc1. The fourth-order valence-corrected chi connectivity index (χ4v) is 3.77. The first-order valence-corrected chi connectivity index (χ1v) is 9.87. The Hall–Kier alpha value is -3.97. The molecule has 7 heteroatoms. The minimum absolute atomic E-state index is 0.0853. The summed E-state index contributed by atoms with van der Waals surface area (Å²) in [7, 11) is 0. The normalized spacial score (nSPS) is 11.3. The van der Waals surface area contributed by atoms with Crippen molar-refractivity contribution in [1.82, 2.24) is 14.8 Å². The second-order valence-electron chi connectivity index (χ2n) is 7.30. The second kappa shape index (κ2) is 7.70. The van der Waals surface area contributed by atoms with Gasteiger partial charge in [-0.2, -0.15) is 5.10 Å². The van der Waals surface area contributed by atoms with Crippen LogP contribution in [0.5, 0.6) is 0 Å². The number of H-pyrrole nitrogens is 1. The zero-order valence-corrected chi connectivity index (χ0v) is 16.5. The monoisotopic (exact) mass is 414 g/mol. The third-order valence-corrected chi connectivity index (χ3v) is 5.31. The number of anilines is 1. The number of nitrogens with one attached hydrogen (secondary N) is 2. The third kappa shape index (κ3) is 3.55. The Morgan fingerprint density at radius 1 is 1.06 bits per heavy atom. The van der Waals surface area contributed by atoms with Gasteiger partial charge in [-0.25, -0.2) is 4.39 Å². The van der Waals surface area contributed by atoms with E-state index < -0.39 is 0 Å². The molecule has 0 spiro atoms. The molecule has 0 aliphatic rings. The molecule has 0 bridgehead atoms. The largest absolute Gasteiger partial charge is 0.395 e. The molecule has 31 heavy (non-hydrogen) atoms. The van der Waals surface area contributed by atoms with Crippen molar-refractivity contribution in [1.29, 1.82) is 0 Å². The van der Waals surface area contributed by atoms with Crippen LogP contribution in [0.3, 0.4) is 0 Å². The molecule has 0 aliphatic heterocycles. The molecule has 2 heterocycles. The third-order valence-electron chi connectivity index (χ3n) is 5.31. The summed E-state index contributed by atoms with van der Waals surface area (Å²) in [6.45, 7) is 0.632. The average molecular weight is 414 g/mol. The Morgan fingerprint density at radius 2 is 1.90 bits per heavy atom. The fourth-order valence-electron chi connectivity index (χ4n) is 3.77. The average Bonchev–Trinajstić information content (AvgIpc) is 3.38. The summed E-state index contributed by atoms with van der Waals surface area (Å²) in [6, 6.07) is 19.0. The standard InChI is InChI=1S/C24H19FN4O2/c25-18-4-1-15(2-5-18)24(31)26-19-6-7-21-20(14-19)23(28-27-21)17-3-8-22-16(13-17)9-10-29(22)11-12-30/h1-10,13-14,30H,11-12H2,(H,26,31)(H,27,28). The lowest BCUT2D eigenvalue weighted by atomic mass is 10.1. The van der Waals surface area contributed by atoms with Crippen LogP contribution in [0.15, 0.2) is 72.9 Å². The number of amides is 1. The first-order chi connectivity index (χ1) is 15.1. The maximum atomic E-state index is 13.1. The molecule has 0 atom stereocenters. The van der Waals surface area contributed by atoms with E-state index in [1.165, 1.54) is 24.3 Å². The van der Waals surface area contributed by atoms with Crippen LogP contribution in [0.2, 0.25) is 0 Å². The number of benzene rings is 3. The van der Waals surface area contributed by atoms with E-state index in [0.717, 1.165) is 33.1 Å². The molecule has 154 valence electrons. The molecule has 0 fully saturated rings. The summed E-state index contributed by atoms with van der Waals surface area (Å²) in [5.41, 5.74) is 4.64. The molecule has 3 N–H and O–H groups in total. The minimum Gasteiger partial charge on any atom is -0.395 e. The number of rotatable bonds is 5. The lowest BCUT2D eigenvalue weighted by Crippen LogP contribution is -2.11. The van der Waals surface area contributed by atoms with Crippen molar-refractivity contribution in [3.05, 3.63) is 84.3 Å². The molecule has 2 aromatic heterocycles. The van der Waals surface area contributed by atoms with Gasteiger partial charge in [-0.1, -0.05) is 6.07 Å². The van der Waals surface area contributed by atoms with Gasteiger partial charge in [0, 0.05) is 45.8 Å². The molecule has 0 saturated heterocycles. The predicted molar refractivity (Wildman–Crippen MR) is 118 cm³/mol. The van der Waals surface area contributed by atoms with E-state index in [9.17, 15) is 14.3 Å². The molecule has 6 nitrogen and oxygen atoms in total. The van der Waals surface area contributed by atoms with Gasteiger partial charge in [0.2, 0.25) is 0 Å². The number of aromatic amines is 1. The maximum absolute atomic E-state index is 13.1. The Kier molecular flexibility index (Phi) is 4.72. The van der Waals surface area contributed by atoms with E-state index in [0.29, 0.717) is 17.8 Å². The summed E-state index contributed by atoms with van der Waals surface area (Å²) in [4.78, 5) is 12.5. The van der Waals surface area contributed by atoms with Crippen LogP contribution in [-0.4, -0.2) is 32.4 Å². The maximum Gasteiger partial charge on any atom is 0.255 e. The molecule has 0 radical (unpaired) electrons. The van der Waals surface area contributed by atoms with E-state index in [4.69, 9.17) is 0 Å². The highest BCUT2D eigenvalue weighted by Gasteiger charge is 2.12. The van der Waals surface area contributed by atoms with Gasteiger partial charge in [0.1, 0.15) is 5.82 Å². The van der Waals surface area contributed by atoms with Gasteiger partial charge in [-0.3, -0.25) is 9.89 Å². The van der Waals surface area contributed by atoms with Gasteiger partial charge in [-0.15, -0.1) is 0 Å². The van der Waals surface area contributed by atoms with E-state index >= 15 is 0 Å². The van der Waals surface area contributed by atoms with Crippen molar-refractivity contribution >= 4 is 33.4 Å². The second-order valence-corrected chi connectivity index (χ2v) is 7.30. The molecular weight excluding hydrogens is 395 g/mol. The first-order valence-electron chi connectivity index (χ1n) is 9.87. The number of hydrogen-bond acceptors (Lipinski definition) is 3. The van der Waals surface area contributed by atoms with Gasteiger partial charge < -0.3 is 15.0 Å². The number of aliphatic hydroxyl groups excluding tert-OH is 1. The Bertz CT molecular complexity index is 1400. The topological polar surface area (TPSA) is 82.9 Å². The number of aliphatic hydroxyl groups is 1.